The van der Waals surface area contributed by atoms with Crippen molar-refractivity contribution in [1.82, 2.24) is 4.98 Å². The van der Waals surface area contributed by atoms with E-state index in [4.69, 9.17) is 11.0 Å². The van der Waals surface area contributed by atoms with E-state index in [0.717, 1.165) is 12.1 Å². The van der Waals surface area contributed by atoms with Crippen LogP contribution in [0.2, 0.25) is 0 Å². The third-order valence-electron chi connectivity index (χ3n) is 2.52. The van der Waals surface area contributed by atoms with Crippen molar-refractivity contribution in [2.24, 2.45) is 11.7 Å². The molecule has 1 heterocycles. The fourth-order valence-corrected chi connectivity index (χ4v) is 1.79. The minimum absolute atomic E-state index is 0.0371. The molecule has 0 spiro atoms. The lowest BCUT2D eigenvalue weighted by Crippen LogP contribution is -2.37. The Kier molecular flexibility index (Phi) is 5.13. The Morgan fingerprint density at radius 1 is 1.48 bits per heavy atom. The topological polar surface area (TPSA) is 83.0 Å². The first kappa shape index (κ1) is 16.8. The van der Waals surface area contributed by atoms with Gasteiger partial charge in [-0.05, 0) is 18.1 Å². The third kappa shape index (κ3) is 4.63. The second-order valence-electron chi connectivity index (χ2n) is 4.92. The number of hydrogen-bond donors (Lipinski definition) is 1. The van der Waals surface area contributed by atoms with E-state index in [-0.39, 0.29) is 30.4 Å². The number of halogens is 3. The Morgan fingerprint density at radius 3 is 2.52 bits per heavy atom. The molecule has 114 valence electrons. The highest BCUT2D eigenvalue weighted by molar-refractivity contribution is 5.79. The minimum atomic E-state index is -4.63. The molecule has 0 bridgehead atoms. The molecule has 0 saturated heterocycles. The fourth-order valence-electron chi connectivity index (χ4n) is 1.79. The highest BCUT2D eigenvalue weighted by Crippen LogP contribution is 2.30. The molecule has 0 aliphatic rings. The normalized spacial score (nSPS) is 11.3. The van der Waals surface area contributed by atoms with Gasteiger partial charge in [-0.15, -0.1) is 0 Å². The zero-order valence-corrected chi connectivity index (χ0v) is 11.6. The zero-order valence-electron chi connectivity index (χ0n) is 11.6. The SMILES string of the molecule is CC(C)CN(CC(N)=O)c1nc(C(F)(F)F)ccc1C#N. The Morgan fingerprint density at radius 2 is 2.10 bits per heavy atom. The number of nitrogens with two attached hydrogens (primary N) is 1. The number of rotatable bonds is 5. The maximum atomic E-state index is 12.7. The summed E-state index contributed by atoms with van der Waals surface area (Å²) in [4.78, 5) is 15.9. The molecule has 5 nitrogen and oxygen atoms in total. The third-order valence-corrected chi connectivity index (χ3v) is 2.52. The van der Waals surface area contributed by atoms with Crippen LogP contribution in [0.5, 0.6) is 0 Å². The molecule has 8 heteroatoms. The van der Waals surface area contributed by atoms with Crippen LogP contribution in [0, 0.1) is 17.2 Å². The Hall–Kier alpha value is -2.30. The van der Waals surface area contributed by atoms with E-state index in [2.05, 4.69) is 4.98 Å². The Bertz CT molecular complexity index is 564. The van der Waals surface area contributed by atoms with E-state index < -0.39 is 17.8 Å². The molecule has 0 aliphatic carbocycles. The van der Waals surface area contributed by atoms with Crippen molar-refractivity contribution in [2.45, 2.75) is 20.0 Å². The van der Waals surface area contributed by atoms with Gasteiger partial charge in [-0.3, -0.25) is 4.79 Å². The smallest absolute Gasteiger partial charge is 0.368 e. The molecule has 2 N–H and O–H groups in total. The molecule has 0 atom stereocenters. The molecule has 0 aliphatic heterocycles. The molecule has 0 radical (unpaired) electrons. The van der Waals surface area contributed by atoms with Crippen LogP contribution in [0.25, 0.3) is 0 Å². The molecule has 0 unspecified atom stereocenters. The second kappa shape index (κ2) is 6.43. The number of pyridine rings is 1. The van der Waals surface area contributed by atoms with Crippen LogP contribution >= 0.6 is 0 Å². The van der Waals surface area contributed by atoms with E-state index in [1.165, 1.54) is 4.90 Å². The standard InChI is InChI=1S/C13H15F3N4O/c1-8(2)6-20(7-11(18)21)12-9(5-17)3-4-10(19-12)13(14,15)16/h3-4,8H,6-7H2,1-2H3,(H2,18,21). The number of carbonyl (C=O) groups excluding carboxylic acids is 1. The van der Waals surface area contributed by atoms with Gasteiger partial charge >= 0.3 is 6.18 Å². The molecular formula is C13H15F3N4O. The first-order chi connectivity index (χ1) is 9.65. The van der Waals surface area contributed by atoms with E-state index in [1.54, 1.807) is 6.07 Å². The number of anilines is 1. The predicted molar refractivity (Wildman–Crippen MR) is 70.2 cm³/mol. The number of carbonyl (C=O) groups is 1. The van der Waals surface area contributed by atoms with Crippen LogP contribution in [0.4, 0.5) is 19.0 Å². The van der Waals surface area contributed by atoms with Crippen molar-refractivity contribution in [2.75, 3.05) is 18.0 Å². The molecule has 1 aromatic rings. The van der Waals surface area contributed by atoms with Gasteiger partial charge in [0.15, 0.2) is 0 Å². The summed E-state index contributed by atoms with van der Waals surface area (Å²) in [5.41, 5.74) is 3.96. The summed E-state index contributed by atoms with van der Waals surface area (Å²) >= 11 is 0. The summed E-state index contributed by atoms with van der Waals surface area (Å²) in [6, 6.07) is 3.55. The number of hydrogen-bond acceptors (Lipinski definition) is 4. The lowest BCUT2D eigenvalue weighted by Gasteiger charge is -2.25. The van der Waals surface area contributed by atoms with Crippen molar-refractivity contribution in [3.05, 3.63) is 23.4 Å². The summed E-state index contributed by atoms with van der Waals surface area (Å²) in [5, 5.41) is 9.02. The lowest BCUT2D eigenvalue weighted by atomic mass is 10.1. The van der Waals surface area contributed by atoms with E-state index >= 15 is 0 Å². The van der Waals surface area contributed by atoms with Crippen molar-refractivity contribution < 1.29 is 18.0 Å². The van der Waals surface area contributed by atoms with Gasteiger partial charge in [0.1, 0.15) is 17.6 Å². The van der Waals surface area contributed by atoms with Gasteiger partial charge in [0.2, 0.25) is 5.91 Å². The maximum absolute atomic E-state index is 12.7. The van der Waals surface area contributed by atoms with Crippen LogP contribution in [-0.4, -0.2) is 24.0 Å². The van der Waals surface area contributed by atoms with Crippen LogP contribution < -0.4 is 10.6 Å². The second-order valence-corrected chi connectivity index (χ2v) is 4.92. The average molecular weight is 300 g/mol. The molecule has 0 aromatic carbocycles. The van der Waals surface area contributed by atoms with Crippen molar-refractivity contribution in [1.29, 1.82) is 5.26 Å². The first-order valence-corrected chi connectivity index (χ1v) is 6.16. The maximum Gasteiger partial charge on any atom is 0.433 e. The van der Waals surface area contributed by atoms with Crippen LogP contribution in [0.15, 0.2) is 12.1 Å². The van der Waals surface area contributed by atoms with E-state index in [9.17, 15) is 18.0 Å². The lowest BCUT2D eigenvalue weighted by molar-refractivity contribution is -0.141. The minimum Gasteiger partial charge on any atom is -0.368 e. The van der Waals surface area contributed by atoms with Gasteiger partial charge in [0.25, 0.3) is 0 Å². The van der Waals surface area contributed by atoms with Gasteiger partial charge in [-0.25, -0.2) is 4.98 Å². The van der Waals surface area contributed by atoms with Crippen LogP contribution in [0.1, 0.15) is 25.1 Å². The van der Waals surface area contributed by atoms with Crippen molar-refractivity contribution in [3.63, 3.8) is 0 Å². The quantitative estimate of drug-likeness (QED) is 0.900. The molecular weight excluding hydrogens is 285 g/mol. The van der Waals surface area contributed by atoms with Gasteiger partial charge in [0, 0.05) is 6.54 Å². The van der Waals surface area contributed by atoms with Crippen LogP contribution in [0.3, 0.4) is 0 Å². The van der Waals surface area contributed by atoms with Crippen molar-refractivity contribution >= 4 is 11.7 Å². The molecule has 21 heavy (non-hydrogen) atoms. The Balaban J connectivity index is 3.33. The van der Waals surface area contributed by atoms with Gasteiger partial charge in [-0.2, -0.15) is 18.4 Å². The highest BCUT2D eigenvalue weighted by Gasteiger charge is 2.33. The first-order valence-electron chi connectivity index (χ1n) is 6.16. The van der Waals surface area contributed by atoms with Gasteiger partial charge in [0.05, 0.1) is 12.1 Å². The molecule has 1 amide bonds. The molecule has 0 fully saturated rings. The largest absolute Gasteiger partial charge is 0.433 e. The van der Waals surface area contributed by atoms with Crippen molar-refractivity contribution in [3.8, 4) is 6.07 Å². The van der Waals surface area contributed by atoms with Crippen LogP contribution in [-0.2, 0) is 11.0 Å². The number of amides is 1. The zero-order chi connectivity index (χ0) is 16.2. The molecule has 0 saturated carbocycles. The fraction of sp³-hybridized carbons (Fsp3) is 0.462. The van der Waals surface area contributed by atoms with Gasteiger partial charge in [-0.1, -0.05) is 13.8 Å². The summed E-state index contributed by atoms with van der Waals surface area (Å²) < 4.78 is 38.2. The number of alkyl halides is 3. The number of nitrogens with zero attached hydrogens (tertiary/aromatic N) is 3. The summed E-state index contributed by atoms with van der Waals surface area (Å²) in [7, 11) is 0. The average Bonchev–Trinajstić information content (AvgIpc) is 2.35. The van der Waals surface area contributed by atoms with E-state index in [0.29, 0.717) is 0 Å². The predicted octanol–water partition coefficient (Wildman–Crippen LogP) is 1.92. The molecule has 1 aromatic heterocycles. The van der Waals surface area contributed by atoms with E-state index in [1.807, 2.05) is 13.8 Å². The number of primary amides is 1. The number of nitriles is 1. The number of aromatic nitrogens is 1. The van der Waals surface area contributed by atoms with Gasteiger partial charge < -0.3 is 10.6 Å². The summed E-state index contributed by atoms with van der Waals surface area (Å²) in [6.07, 6.45) is -4.63. The Labute approximate surface area is 120 Å². The highest BCUT2D eigenvalue weighted by atomic mass is 19.4. The summed E-state index contributed by atoms with van der Waals surface area (Å²) in [6.45, 7) is 3.61. The molecule has 1 rings (SSSR count). The monoisotopic (exact) mass is 300 g/mol. The summed E-state index contributed by atoms with van der Waals surface area (Å²) in [5.74, 6) is -0.842.